The molecule has 1 N–H and O–H groups in total. The SMILES string of the molecule is C=CC1=C(C)CC(OCc2ccccc2)(c2cccnc2)NC1(C)OCc1ccccc1. The predicted octanol–water partition coefficient (Wildman–Crippen LogP) is 5.88. The quantitative estimate of drug-likeness (QED) is 0.488. The minimum absolute atomic E-state index is 0.466. The Bertz CT molecular complexity index is 1070. The summed E-state index contributed by atoms with van der Waals surface area (Å²) in [6, 6.07) is 24.4. The Labute approximate surface area is 190 Å². The van der Waals surface area contributed by atoms with Crippen molar-refractivity contribution in [3.05, 3.63) is 126 Å². The molecule has 0 bridgehead atoms. The topological polar surface area (TPSA) is 43.4 Å². The van der Waals surface area contributed by atoms with Crippen LogP contribution in [0.2, 0.25) is 0 Å². The summed E-state index contributed by atoms with van der Waals surface area (Å²) in [6.07, 6.45) is 6.19. The Kier molecular flexibility index (Phi) is 6.66. The van der Waals surface area contributed by atoms with Gasteiger partial charge in [0.15, 0.2) is 5.72 Å². The maximum absolute atomic E-state index is 6.65. The van der Waals surface area contributed by atoms with E-state index in [2.05, 4.69) is 54.1 Å². The highest BCUT2D eigenvalue weighted by molar-refractivity contribution is 5.38. The van der Waals surface area contributed by atoms with E-state index in [0.29, 0.717) is 19.6 Å². The van der Waals surface area contributed by atoms with E-state index in [9.17, 15) is 0 Å². The van der Waals surface area contributed by atoms with Crippen molar-refractivity contribution >= 4 is 0 Å². The largest absolute Gasteiger partial charge is 0.352 e. The van der Waals surface area contributed by atoms with Crippen LogP contribution in [0.4, 0.5) is 0 Å². The molecule has 0 saturated carbocycles. The summed E-state index contributed by atoms with van der Waals surface area (Å²) in [6.45, 7) is 9.18. The third kappa shape index (κ3) is 4.73. The van der Waals surface area contributed by atoms with Gasteiger partial charge in [0.05, 0.1) is 13.2 Å². The Balaban J connectivity index is 1.69. The fraction of sp³-hybridized carbons (Fsp3) is 0.250. The normalized spacial score (nSPS) is 23.2. The second-order valence-electron chi connectivity index (χ2n) is 8.35. The molecule has 1 aliphatic rings. The Morgan fingerprint density at radius 1 is 0.938 bits per heavy atom. The van der Waals surface area contributed by atoms with Crippen molar-refractivity contribution in [1.82, 2.24) is 10.3 Å². The number of ether oxygens (including phenoxy) is 2. The summed E-state index contributed by atoms with van der Waals surface area (Å²) in [5.41, 5.74) is 3.83. The van der Waals surface area contributed by atoms with Gasteiger partial charge in [0.1, 0.15) is 5.72 Å². The number of pyridine rings is 1. The van der Waals surface area contributed by atoms with Gasteiger partial charge in [0, 0.05) is 24.4 Å². The van der Waals surface area contributed by atoms with E-state index in [1.54, 1.807) is 6.20 Å². The smallest absolute Gasteiger partial charge is 0.153 e. The predicted molar refractivity (Wildman–Crippen MR) is 127 cm³/mol. The third-order valence-corrected chi connectivity index (χ3v) is 5.96. The van der Waals surface area contributed by atoms with Crippen molar-refractivity contribution < 1.29 is 9.47 Å². The van der Waals surface area contributed by atoms with Gasteiger partial charge in [-0.1, -0.05) is 85.0 Å². The molecule has 0 saturated heterocycles. The molecule has 0 radical (unpaired) electrons. The van der Waals surface area contributed by atoms with E-state index >= 15 is 0 Å². The molecule has 1 aromatic heterocycles. The molecule has 2 atom stereocenters. The van der Waals surface area contributed by atoms with Crippen LogP contribution in [0.3, 0.4) is 0 Å². The van der Waals surface area contributed by atoms with Gasteiger partial charge in [-0.2, -0.15) is 0 Å². The summed E-state index contributed by atoms with van der Waals surface area (Å²) < 4.78 is 13.2. The summed E-state index contributed by atoms with van der Waals surface area (Å²) in [5.74, 6) is 0. The molecule has 1 aliphatic heterocycles. The van der Waals surface area contributed by atoms with Gasteiger partial charge in [0.25, 0.3) is 0 Å². The molecule has 2 unspecified atom stereocenters. The van der Waals surface area contributed by atoms with E-state index in [4.69, 9.17) is 9.47 Å². The zero-order valence-corrected chi connectivity index (χ0v) is 18.8. The van der Waals surface area contributed by atoms with Crippen molar-refractivity contribution in [2.45, 2.75) is 44.9 Å². The molecule has 0 amide bonds. The molecular weight excluding hydrogens is 396 g/mol. The second-order valence-corrected chi connectivity index (χ2v) is 8.35. The van der Waals surface area contributed by atoms with Crippen LogP contribution in [0.15, 0.2) is 109 Å². The van der Waals surface area contributed by atoms with E-state index in [1.807, 2.05) is 61.7 Å². The average molecular weight is 427 g/mol. The number of hydrogen-bond acceptors (Lipinski definition) is 4. The summed E-state index contributed by atoms with van der Waals surface area (Å²) in [7, 11) is 0. The highest BCUT2D eigenvalue weighted by atomic mass is 16.5. The number of rotatable bonds is 8. The number of nitrogens with one attached hydrogen (secondary N) is 1. The molecule has 2 heterocycles. The van der Waals surface area contributed by atoms with Crippen LogP contribution in [-0.4, -0.2) is 10.7 Å². The molecule has 4 nitrogen and oxygen atoms in total. The molecule has 0 spiro atoms. The maximum Gasteiger partial charge on any atom is 0.153 e. The average Bonchev–Trinajstić information content (AvgIpc) is 2.83. The number of hydrogen-bond donors (Lipinski definition) is 1. The van der Waals surface area contributed by atoms with Crippen LogP contribution in [0.5, 0.6) is 0 Å². The van der Waals surface area contributed by atoms with Crippen LogP contribution in [0.25, 0.3) is 0 Å². The van der Waals surface area contributed by atoms with Crippen LogP contribution < -0.4 is 5.32 Å². The van der Waals surface area contributed by atoms with Gasteiger partial charge in [-0.15, -0.1) is 0 Å². The van der Waals surface area contributed by atoms with Crippen LogP contribution in [-0.2, 0) is 28.4 Å². The van der Waals surface area contributed by atoms with Crippen molar-refractivity contribution in [2.24, 2.45) is 0 Å². The molecule has 3 aromatic rings. The highest BCUT2D eigenvalue weighted by Crippen LogP contribution is 2.42. The zero-order chi connectivity index (χ0) is 22.4. The molecule has 4 heteroatoms. The molecule has 2 aromatic carbocycles. The zero-order valence-electron chi connectivity index (χ0n) is 18.8. The molecule has 32 heavy (non-hydrogen) atoms. The molecule has 0 fully saturated rings. The van der Waals surface area contributed by atoms with Gasteiger partial charge in [-0.25, -0.2) is 0 Å². The number of nitrogens with zero attached hydrogens (tertiary/aromatic N) is 1. The Morgan fingerprint density at radius 3 is 2.12 bits per heavy atom. The first-order valence-electron chi connectivity index (χ1n) is 10.9. The van der Waals surface area contributed by atoms with Gasteiger partial charge >= 0.3 is 0 Å². The molecule has 164 valence electrons. The fourth-order valence-corrected chi connectivity index (χ4v) is 4.38. The first-order chi connectivity index (χ1) is 15.5. The first kappa shape index (κ1) is 22.2. The molecular formula is C28H30N2O2. The van der Waals surface area contributed by atoms with Crippen molar-refractivity contribution in [3.8, 4) is 0 Å². The van der Waals surface area contributed by atoms with Gasteiger partial charge in [-0.3, -0.25) is 10.3 Å². The van der Waals surface area contributed by atoms with Gasteiger partial charge < -0.3 is 9.47 Å². The van der Waals surface area contributed by atoms with Crippen LogP contribution in [0.1, 0.15) is 37.0 Å². The minimum Gasteiger partial charge on any atom is -0.352 e. The van der Waals surface area contributed by atoms with E-state index in [0.717, 1.165) is 22.3 Å². The lowest BCUT2D eigenvalue weighted by atomic mass is 9.84. The van der Waals surface area contributed by atoms with Crippen molar-refractivity contribution in [1.29, 1.82) is 0 Å². The van der Waals surface area contributed by atoms with E-state index in [-0.39, 0.29) is 0 Å². The lowest BCUT2D eigenvalue weighted by Crippen LogP contribution is -2.61. The lowest BCUT2D eigenvalue weighted by Gasteiger charge is -2.48. The van der Waals surface area contributed by atoms with Crippen LogP contribution in [0, 0.1) is 0 Å². The molecule has 4 rings (SSSR count). The van der Waals surface area contributed by atoms with Crippen molar-refractivity contribution in [2.75, 3.05) is 0 Å². The highest BCUT2D eigenvalue weighted by Gasteiger charge is 2.47. The third-order valence-electron chi connectivity index (χ3n) is 5.96. The Hall–Kier alpha value is -3.05. The lowest BCUT2D eigenvalue weighted by molar-refractivity contribution is -0.163. The van der Waals surface area contributed by atoms with Crippen molar-refractivity contribution in [3.63, 3.8) is 0 Å². The Morgan fingerprint density at radius 2 is 1.56 bits per heavy atom. The standard InChI is InChI=1S/C28H30N2O2/c1-4-26-22(2)18-28(25-16-11-17-29-19-25,32-21-24-14-9-6-10-15-24)30-27(26,3)31-20-23-12-7-5-8-13-23/h4-17,19,30H,1,18,20-21H2,2-3H3. The summed E-state index contributed by atoms with van der Waals surface area (Å²) in [5, 5.41) is 3.72. The fourth-order valence-electron chi connectivity index (χ4n) is 4.38. The number of aromatic nitrogens is 1. The second kappa shape index (κ2) is 9.61. The van der Waals surface area contributed by atoms with Gasteiger partial charge in [0.2, 0.25) is 0 Å². The first-order valence-corrected chi connectivity index (χ1v) is 10.9. The molecule has 0 aliphatic carbocycles. The van der Waals surface area contributed by atoms with E-state index in [1.165, 1.54) is 5.57 Å². The summed E-state index contributed by atoms with van der Waals surface area (Å²) in [4.78, 5) is 4.37. The van der Waals surface area contributed by atoms with Gasteiger partial charge in [-0.05, 0) is 36.6 Å². The number of benzene rings is 2. The maximum atomic E-state index is 6.65. The summed E-state index contributed by atoms with van der Waals surface area (Å²) >= 11 is 0. The monoisotopic (exact) mass is 426 g/mol. The van der Waals surface area contributed by atoms with E-state index < -0.39 is 11.4 Å². The minimum atomic E-state index is -0.786. The van der Waals surface area contributed by atoms with Crippen LogP contribution >= 0.6 is 0 Å².